The maximum absolute atomic E-state index is 13.0. The fourth-order valence-electron chi connectivity index (χ4n) is 3.19. The predicted octanol–water partition coefficient (Wildman–Crippen LogP) is 4.42. The molecular formula is C20H25N3O3S2. The molecule has 2 aromatic heterocycles. The summed E-state index contributed by atoms with van der Waals surface area (Å²) in [4.78, 5) is 34.4. The van der Waals surface area contributed by atoms with Crippen LogP contribution in [0.2, 0.25) is 0 Å². The van der Waals surface area contributed by atoms with Crippen molar-refractivity contribution in [3.05, 3.63) is 49.1 Å². The largest absolute Gasteiger partial charge is 0.460 e. The molecule has 0 bridgehead atoms. The summed E-state index contributed by atoms with van der Waals surface area (Å²) in [5, 5.41) is 5.73. The van der Waals surface area contributed by atoms with Gasteiger partial charge in [0.15, 0.2) is 5.16 Å². The molecule has 1 aliphatic rings. The van der Waals surface area contributed by atoms with E-state index >= 15 is 0 Å². The Bertz CT molecular complexity index is 975. The Labute approximate surface area is 172 Å². The Morgan fingerprint density at radius 2 is 2.14 bits per heavy atom. The lowest BCUT2D eigenvalue weighted by Gasteiger charge is -2.29. The molecule has 0 amide bonds. The number of esters is 1. The first-order valence-electron chi connectivity index (χ1n) is 9.33. The minimum atomic E-state index is -0.496. The second-order valence-electron chi connectivity index (χ2n) is 7.00. The highest BCUT2D eigenvalue weighted by atomic mass is 32.2. The van der Waals surface area contributed by atoms with E-state index in [0.717, 1.165) is 22.6 Å². The summed E-state index contributed by atoms with van der Waals surface area (Å²) < 4.78 is 5.49. The quantitative estimate of drug-likeness (QED) is 0.409. The Kier molecular flexibility index (Phi) is 6.30. The number of nitrogens with zero attached hydrogens (tertiary/aromatic N) is 1. The van der Waals surface area contributed by atoms with Crippen molar-refractivity contribution in [2.75, 3.05) is 11.1 Å². The smallest absolute Gasteiger partial charge is 0.337 e. The second-order valence-corrected chi connectivity index (χ2v) is 9.03. The zero-order chi connectivity index (χ0) is 20.4. The summed E-state index contributed by atoms with van der Waals surface area (Å²) in [7, 11) is 0. The van der Waals surface area contributed by atoms with E-state index < -0.39 is 11.9 Å². The van der Waals surface area contributed by atoms with Crippen LogP contribution >= 0.6 is 23.1 Å². The molecule has 150 valence electrons. The van der Waals surface area contributed by atoms with Gasteiger partial charge in [0, 0.05) is 16.3 Å². The Morgan fingerprint density at radius 3 is 2.75 bits per heavy atom. The van der Waals surface area contributed by atoms with Gasteiger partial charge < -0.3 is 15.0 Å². The van der Waals surface area contributed by atoms with E-state index in [1.165, 1.54) is 23.1 Å². The molecule has 8 heteroatoms. The van der Waals surface area contributed by atoms with Crippen molar-refractivity contribution < 1.29 is 9.53 Å². The number of rotatable bonds is 6. The molecule has 1 atom stereocenters. The van der Waals surface area contributed by atoms with Gasteiger partial charge in [-0.1, -0.05) is 18.7 Å². The molecule has 0 spiro atoms. The molecule has 6 nitrogen and oxygen atoms in total. The van der Waals surface area contributed by atoms with E-state index in [4.69, 9.17) is 4.74 Å². The van der Waals surface area contributed by atoms with E-state index in [9.17, 15) is 9.59 Å². The molecule has 28 heavy (non-hydrogen) atoms. The number of aromatic nitrogens is 2. The van der Waals surface area contributed by atoms with Crippen LogP contribution in [0.25, 0.3) is 0 Å². The molecule has 3 rings (SSSR count). The lowest BCUT2D eigenvalue weighted by atomic mass is 9.85. The number of carbonyl (C=O) groups is 1. The standard InChI is InChI=1S/C20H25N3O3S2/c1-6-8-28-20-22-17-15(18(24)23-20)14(16-11(4)7-9-27-16)13(12(5)21-17)19(25)26-10(2)3/h7,9-10,14H,6,8H2,1-5H3,(H2,21,22,23,24). The minimum Gasteiger partial charge on any atom is -0.460 e. The average molecular weight is 420 g/mol. The zero-order valence-corrected chi connectivity index (χ0v) is 18.3. The van der Waals surface area contributed by atoms with Gasteiger partial charge in [0.2, 0.25) is 0 Å². The molecular weight excluding hydrogens is 394 g/mol. The van der Waals surface area contributed by atoms with Crippen LogP contribution in [0.15, 0.2) is 32.7 Å². The number of aryl methyl sites for hydroxylation is 1. The summed E-state index contributed by atoms with van der Waals surface area (Å²) in [5.41, 5.74) is 2.41. The highest BCUT2D eigenvalue weighted by Gasteiger charge is 2.38. The SMILES string of the molecule is CCCSc1nc2c(c(=O)[nH]1)C(c1sccc1C)C(C(=O)OC(C)C)=C(C)N2. The number of ether oxygens (including phenoxy) is 1. The third-order valence-electron chi connectivity index (χ3n) is 4.39. The molecule has 0 saturated carbocycles. The Hall–Kier alpha value is -2.06. The molecule has 0 aromatic carbocycles. The highest BCUT2D eigenvalue weighted by molar-refractivity contribution is 7.99. The van der Waals surface area contributed by atoms with Crippen LogP contribution in [0.1, 0.15) is 56.0 Å². The number of fused-ring (bicyclic) bond motifs is 1. The topological polar surface area (TPSA) is 84.1 Å². The van der Waals surface area contributed by atoms with Crippen LogP contribution in [-0.4, -0.2) is 27.8 Å². The minimum absolute atomic E-state index is 0.226. The van der Waals surface area contributed by atoms with Crippen LogP contribution in [0, 0.1) is 6.92 Å². The molecule has 0 saturated heterocycles. The Morgan fingerprint density at radius 1 is 1.39 bits per heavy atom. The number of thiophene rings is 1. The normalized spacial score (nSPS) is 16.1. The molecule has 0 radical (unpaired) electrons. The summed E-state index contributed by atoms with van der Waals surface area (Å²) >= 11 is 3.05. The van der Waals surface area contributed by atoms with Gasteiger partial charge in [0.05, 0.1) is 23.2 Å². The fourth-order valence-corrected chi connectivity index (χ4v) is 4.95. The van der Waals surface area contributed by atoms with Gasteiger partial charge in [-0.15, -0.1) is 11.3 Å². The van der Waals surface area contributed by atoms with E-state index in [1.807, 2.05) is 39.1 Å². The van der Waals surface area contributed by atoms with E-state index in [2.05, 4.69) is 22.2 Å². The third-order valence-corrected chi connectivity index (χ3v) is 6.55. The number of anilines is 1. The molecule has 0 aliphatic carbocycles. The number of nitrogens with one attached hydrogen (secondary N) is 2. The number of allylic oxidation sites excluding steroid dienone is 1. The number of hydrogen-bond acceptors (Lipinski definition) is 7. The first kappa shape index (κ1) is 20.7. The highest BCUT2D eigenvalue weighted by Crippen LogP contribution is 2.43. The lowest BCUT2D eigenvalue weighted by molar-refractivity contribution is -0.142. The van der Waals surface area contributed by atoms with Gasteiger partial charge in [-0.2, -0.15) is 0 Å². The number of aromatic amines is 1. The van der Waals surface area contributed by atoms with Crippen molar-refractivity contribution in [2.45, 2.75) is 58.2 Å². The second kappa shape index (κ2) is 8.53. The van der Waals surface area contributed by atoms with Crippen molar-refractivity contribution in [1.29, 1.82) is 0 Å². The van der Waals surface area contributed by atoms with Crippen molar-refractivity contribution in [3.63, 3.8) is 0 Å². The fraction of sp³-hybridized carbons (Fsp3) is 0.450. The molecule has 1 unspecified atom stereocenters. The summed E-state index contributed by atoms with van der Waals surface area (Å²) in [6, 6.07) is 2.00. The maximum Gasteiger partial charge on any atom is 0.337 e. The van der Waals surface area contributed by atoms with Crippen molar-refractivity contribution in [3.8, 4) is 0 Å². The lowest BCUT2D eigenvalue weighted by Crippen LogP contribution is -2.31. The summed E-state index contributed by atoms with van der Waals surface area (Å²) in [6.45, 7) is 9.53. The maximum atomic E-state index is 13.0. The van der Waals surface area contributed by atoms with Crippen LogP contribution in [0.3, 0.4) is 0 Å². The summed E-state index contributed by atoms with van der Waals surface area (Å²) in [6.07, 6.45) is 0.739. The van der Waals surface area contributed by atoms with E-state index in [1.54, 1.807) is 0 Å². The number of carbonyl (C=O) groups excluding carboxylic acids is 1. The number of thioether (sulfide) groups is 1. The monoisotopic (exact) mass is 419 g/mol. The third kappa shape index (κ3) is 4.03. The van der Waals surface area contributed by atoms with Gasteiger partial charge in [-0.25, -0.2) is 9.78 Å². The van der Waals surface area contributed by atoms with Crippen LogP contribution in [0.5, 0.6) is 0 Å². The molecule has 2 aromatic rings. The van der Waals surface area contributed by atoms with E-state index in [0.29, 0.717) is 27.8 Å². The van der Waals surface area contributed by atoms with Gasteiger partial charge in [-0.05, 0) is 51.1 Å². The average Bonchev–Trinajstić information content (AvgIpc) is 3.03. The van der Waals surface area contributed by atoms with Gasteiger partial charge >= 0.3 is 5.97 Å². The first-order valence-corrected chi connectivity index (χ1v) is 11.2. The number of H-pyrrole nitrogens is 1. The van der Waals surface area contributed by atoms with Gasteiger partial charge in [0.25, 0.3) is 5.56 Å². The first-order chi connectivity index (χ1) is 13.3. The van der Waals surface area contributed by atoms with Crippen molar-refractivity contribution >= 4 is 34.9 Å². The zero-order valence-electron chi connectivity index (χ0n) is 16.7. The summed E-state index contributed by atoms with van der Waals surface area (Å²) in [5.74, 6) is 0.477. The van der Waals surface area contributed by atoms with E-state index in [-0.39, 0.29) is 11.7 Å². The van der Waals surface area contributed by atoms with Crippen LogP contribution < -0.4 is 10.9 Å². The molecule has 3 heterocycles. The molecule has 1 aliphatic heterocycles. The van der Waals surface area contributed by atoms with Crippen LogP contribution in [-0.2, 0) is 9.53 Å². The van der Waals surface area contributed by atoms with Gasteiger partial charge in [-0.3, -0.25) is 4.79 Å². The Balaban J connectivity index is 2.17. The van der Waals surface area contributed by atoms with Gasteiger partial charge in [0.1, 0.15) is 5.82 Å². The van der Waals surface area contributed by atoms with Crippen molar-refractivity contribution in [1.82, 2.24) is 9.97 Å². The molecule has 0 fully saturated rings. The molecule has 2 N–H and O–H groups in total. The number of hydrogen-bond donors (Lipinski definition) is 2. The predicted molar refractivity (Wildman–Crippen MR) is 114 cm³/mol. The van der Waals surface area contributed by atoms with Crippen molar-refractivity contribution in [2.24, 2.45) is 0 Å². The van der Waals surface area contributed by atoms with Crippen LogP contribution in [0.4, 0.5) is 5.82 Å².